The van der Waals surface area contributed by atoms with Gasteiger partial charge < -0.3 is 19.5 Å². The fraction of sp³-hybridized carbons (Fsp3) is 0.333. The second-order valence-electron chi connectivity index (χ2n) is 6.42. The van der Waals surface area contributed by atoms with Crippen LogP contribution in [0.2, 0.25) is 0 Å². The summed E-state index contributed by atoms with van der Waals surface area (Å²) >= 11 is 0. The predicted octanol–water partition coefficient (Wildman–Crippen LogP) is 2.81. The highest BCUT2D eigenvalue weighted by molar-refractivity contribution is 5.86. The van der Waals surface area contributed by atoms with E-state index in [1.807, 2.05) is 18.2 Å². The maximum atomic E-state index is 12.6. The number of amides is 1. The highest BCUT2D eigenvalue weighted by Crippen LogP contribution is 2.27. The predicted molar refractivity (Wildman–Crippen MR) is 99.7 cm³/mol. The second kappa shape index (κ2) is 8.58. The molecule has 1 amide bonds. The van der Waals surface area contributed by atoms with Gasteiger partial charge in [0.2, 0.25) is 6.10 Å². The molecule has 0 heterocycles. The number of esters is 1. The Kier molecular flexibility index (Phi) is 5.96. The lowest BCUT2D eigenvalue weighted by Gasteiger charge is -2.18. The van der Waals surface area contributed by atoms with Crippen LogP contribution in [0.3, 0.4) is 0 Å². The van der Waals surface area contributed by atoms with Gasteiger partial charge in [0, 0.05) is 23.2 Å². The summed E-state index contributed by atoms with van der Waals surface area (Å²) in [6, 6.07) is 14.4. The first-order valence-corrected chi connectivity index (χ1v) is 8.86. The minimum Gasteiger partial charge on any atom is -0.497 e. The van der Waals surface area contributed by atoms with Crippen LogP contribution in [0.5, 0.6) is 11.5 Å². The quantitative estimate of drug-likeness (QED) is 0.725. The van der Waals surface area contributed by atoms with Crippen molar-refractivity contribution < 1.29 is 23.8 Å². The van der Waals surface area contributed by atoms with Crippen LogP contribution in [0, 0.1) is 0 Å². The molecule has 1 aliphatic carbocycles. The molecule has 6 heteroatoms. The van der Waals surface area contributed by atoms with Gasteiger partial charge in [0.05, 0.1) is 20.6 Å². The molecule has 0 aliphatic heterocycles. The molecule has 2 aromatic rings. The molecule has 0 aromatic heterocycles. The Bertz CT molecular complexity index is 801. The molecule has 142 valence electrons. The molecule has 1 aliphatic rings. The van der Waals surface area contributed by atoms with Gasteiger partial charge in [-0.25, -0.2) is 0 Å². The highest BCUT2D eigenvalue weighted by atomic mass is 16.5. The van der Waals surface area contributed by atoms with Crippen molar-refractivity contribution in [1.29, 1.82) is 0 Å². The Balaban J connectivity index is 1.73. The van der Waals surface area contributed by atoms with Gasteiger partial charge in [-0.2, -0.15) is 0 Å². The molecule has 1 N–H and O–H groups in total. The lowest BCUT2D eigenvalue weighted by atomic mass is 10.1. The van der Waals surface area contributed by atoms with Crippen molar-refractivity contribution >= 4 is 11.9 Å². The van der Waals surface area contributed by atoms with Crippen molar-refractivity contribution in [3.63, 3.8) is 0 Å². The molecule has 27 heavy (non-hydrogen) atoms. The molecule has 2 aromatic carbocycles. The third-order valence-corrected chi connectivity index (χ3v) is 4.34. The number of ether oxygens (including phenoxy) is 3. The topological polar surface area (TPSA) is 73.9 Å². The highest BCUT2D eigenvalue weighted by Gasteiger charge is 2.30. The third-order valence-electron chi connectivity index (χ3n) is 4.34. The summed E-state index contributed by atoms with van der Waals surface area (Å²) in [5, 5.41) is 2.90. The van der Waals surface area contributed by atoms with E-state index >= 15 is 0 Å². The normalized spacial score (nSPS) is 14.1. The average molecular weight is 369 g/mol. The van der Waals surface area contributed by atoms with E-state index < -0.39 is 12.1 Å². The summed E-state index contributed by atoms with van der Waals surface area (Å²) in [5.41, 5.74) is 1.31. The van der Waals surface area contributed by atoms with Crippen molar-refractivity contribution in [1.82, 2.24) is 5.32 Å². The average Bonchev–Trinajstić information content (AvgIpc) is 3.51. The molecule has 6 nitrogen and oxygen atoms in total. The van der Waals surface area contributed by atoms with Crippen LogP contribution in [-0.4, -0.2) is 32.1 Å². The number of rotatable bonds is 8. The zero-order valence-electron chi connectivity index (χ0n) is 15.4. The number of methoxy groups -OCH3 is 2. The van der Waals surface area contributed by atoms with Crippen LogP contribution in [0.15, 0.2) is 48.5 Å². The lowest BCUT2D eigenvalue weighted by Crippen LogP contribution is -2.33. The summed E-state index contributed by atoms with van der Waals surface area (Å²) in [4.78, 5) is 25.1. The minimum atomic E-state index is -0.969. The molecule has 0 saturated heterocycles. The second-order valence-corrected chi connectivity index (χ2v) is 6.42. The van der Waals surface area contributed by atoms with E-state index in [2.05, 4.69) is 5.32 Å². The first-order valence-electron chi connectivity index (χ1n) is 8.86. The molecule has 1 fully saturated rings. The molecule has 0 bridgehead atoms. The van der Waals surface area contributed by atoms with E-state index in [4.69, 9.17) is 14.2 Å². The summed E-state index contributed by atoms with van der Waals surface area (Å²) < 4.78 is 16.0. The summed E-state index contributed by atoms with van der Waals surface area (Å²) in [7, 11) is 3.09. The smallest absolute Gasteiger partial charge is 0.311 e. The molecule has 0 radical (unpaired) electrons. The van der Waals surface area contributed by atoms with Gasteiger partial charge >= 0.3 is 5.97 Å². The van der Waals surface area contributed by atoms with E-state index in [0.29, 0.717) is 22.6 Å². The van der Waals surface area contributed by atoms with Gasteiger partial charge in [-0.05, 0) is 18.9 Å². The van der Waals surface area contributed by atoms with E-state index in [1.54, 1.807) is 37.4 Å². The molecular weight excluding hydrogens is 346 g/mol. The first kappa shape index (κ1) is 18.8. The zero-order valence-corrected chi connectivity index (χ0v) is 15.4. The summed E-state index contributed by atoms with van der Waals surface area (Å²) in [5.74, 6) is 0.372. The van der Waals surface area contributed by atoms with Crippen LogP contribution in [0.1, 0.15) is 30.1 Å². The molecule has 0 unspecified atom stereocenters. The Morgan fingerprint density at radius 1 is 1.07 bits per heavy atom. The Hall–Kier alpha value is -3.02. The molecule has 3 rings (SSSR count). The number of benzene rings is 2. The van der Waals surface area contributed by atoms with Gasteiger partial charge in [-0.15, -0.1) is 0 Å². The fourth-order valence-electron chi connectivity index (χ4n) is 2.73. The van der Waals surface area contributed by atoms with Gasteiger partial charge in [0.1, 0.15) is 11.5 Å². The Morgan fingerprint density at radius 2 is 1.81 bits per heavy atom. The molecule has 1 saturated carbocycles. The lowest BCUT2D eigenvalue weighted by molar-refractivity contribution is -0.156. The SMILES string of the molecule is COc1ccc(CC(=O)O[C@H](C(=O)NC2CC2)c2ccccc2)c(OC)c1. The van der Waals surface area contributed by atoms with Gasteiger partial charge in [-0.3, -0.25) is 9.59 Å². The van der Waals surface area contributed by atoms with Gasteiger partial charge in [0.25, 0.3) is 5.91 Å². The number of hydrogen-bond acceptors (Lipinski definition) is 5. The number of hydrogen-bond donors (Lipinski definition) is 1. The van der Waals surface area contributed by atoms with Crippen LogP contribution in [-0.2, 0) is 20.7 Å². The first-order chi connectivity index (χ1) is 13.1. The van der Waals surface area contributed by atoms with Crippen LogP contribution < -0.4 is 14.8 Å². The Morgan fingerprint density at radius 3 is 2.44 bits per heavy atom. The summed E-state index contributed by atoms with van der Waals surface area (Å²) in [6.07, 6.45) is 0.949. The fourth-order valence-corrected chi connectivity index (χ4v) is 2.73. The van der Waals surface area contributed by atoms with E-state index in [1.165, 1.54) is 7.11 Å². The van der Waals surface area contributed by atoms with Crippen LogP contribution in [0.25, 0.3) is 0 Å². The number of nitrogens with one attached hydrogen (secondary N) is 1. The maximum Gasteiger partial charge on any atom is 0.311 e. The third kappa shape index (κ3) is 5.00. The number of carbonyl (C=O) groups is 2. The van der Waals surface area contributed by atoms with E-state index in [-0.39, 0.29) is 18.4 Å². The van der Waals surface area contributed by atoms with Gasteiger partial charge in [0.15, 0.2) is 0 Å². The largest absolute Gasteiger partial charge is 0.497 e. The molecule has 1 atom stereocenters. The van der Waals surface area contributed by atoms with Crippen molar-refractivity contribution in [3.8, 4) is 11.5 Å². The Labute approximate surface area is 158 Å². The maximum absolute atomic E-state index is 12.6. The van der Waals surface area contributed by atoms with Crippen LogP contribution in [0.4, 0.5) is 0 Å². The zero-order chi connectivity index (χ0) is 19.2. The van der Waals surface area contributed by atoms with Crippen LogP contribution >= 0.6 is 0 Å². The van der Waals surface area contributed by atoms with Crippen molar-refractivity contribution in [2.24, 2.45) is 0 Å². The van der Waals surface area contributed by atoms with Crippen molar-refractivity contribution in [2.45, 2.75) is 31.4 Å². The van der Waals surface area contributed by atoms with Crippen molar-refractivity contribution in [3.05, 3.63) is 59.7 Å². The standard InChI is InChI=1S/C21H23NO5/c1-25-17-11-8-15(18(13-17)26-2)12-19(23)27-20(14-6-4-3-5-7-14)21(24)22-16-9-10-16/h3-8,11,13,16,20H,9-10,12H2,1-2H3,(H,22,24)/t20-/m0/s1. The summed E-state index contributed by atoms with van der Waals surface area (Å²) in [6.45, 7) is 0. The van der Waals surface area contributed by atoms with Crippen molar-refractivity contribution in [2.75, 3.05) is 14.2 Å². The molecule has 0 spiro atoms. The van der Waals surface area contributed by atoms with E-state index in [9.17, 15) is 9.59 Å². The van der Waals surface area contributed by atoms with Gasteiger partial charge in [-0.1, -0.05) is 36.4 Å². The minimum absolute atomic E-state index is 0.00674. The monoisotopic (exact) mass is 369 g/mol. The molecular formula is C21H23NO5. The number of carbonyl (C=O) groups excluding carboxylic acids is 2. The van der Waals surface area contributed by atoms with E-state index in [0.717, 1.165) is 12.8 Å².